The van der Waals surface area contributed by atoms with E-state index in [1.807, 2.05) is 31.2 Å². The molecular formula is C15H22N2O2. The number of carbonyl (C=O) groups is 1. The second-order valence-electron chi connectivity index (χ2n) is 4.95. The van der Waals surface area contributed by atoms with Crippen molar-refractivity contribution in [1.82, 2.24) is 10.6 Å². The van der Waals surface area contributed by atoms with Crippen LogP contribution >= 0.6 is 0 Å². The van der Waals surface area contributed by atoms with Gasteiger partial charge in [-0.2, -0.15) is 0 Å². The van der Waals surface area contributed by atoms with Crippen molar-refractivity contribution in [2.45, 2.75) is 19.8 Å². The number of nitrogens with one attached hydrogen (secondary N) is 2. The van der Waals surface area contributed by atoms with Crippen LogP contribution in [0.15, 0.2) is 24.3 Å². The Morgan fingerprint density at radius 2 is 2.32 bits per heavy atom. The van der Waals surface area contributed by atoms with E-state index >= 15 is 0 Å². The number of aryl methyl sites for hydroxylation is 1. The second-order valence-corrected chi connectivity index (χ2v) is 4.95. The molecule has 0 aliphatic carbocycles. The molecule has 4 nitrogen and oxygen atoms in total. The van der Waals surface area contributed by atoms with Crippen LogP contribution in [-0.4, -0.2) is 32.1 Å². The van der Waals surface area contributed by atoms with E-state index in [-0.39, 0.29) is 11.8 Å². The Morgan fingerprint density at radius 3 is 3.05 bits per heavy atom. The monoisotopic (exact) mass is 262 g/mol. The molecule has 19 heavy (non-hydrogen) atoms. The maximum absolute atomic E-state index is 11.9. The molecule has 1 saturated heterocycles. The molecule has 4 heteroatoms. The van der Waals surface area contributed by atoms with Gasteiger partial charge in [0.05, 0.1) is 12.5 Å². The van der Waals surface area contributed by atoms with Crippen LogP contribution in [-0.2, 0) is 4.79 Å². The van der Waals surface area contributed by atoms with E-state index in [1.165, 1.54) is 0 Å². The summed E-state index contributed by atoms with van der Waals surface area (Å²) in [5.74, 6) is 1.14. The number of piperidine rings is 1. The molecule has 1 atom stereocenters. The summed E-state index contributed by atoms with van der Waals surface area (Å²) < 4.78 is 5.64. The Bertz CT molecular complexity index is 414. The third kappa shape index (κ3) is 4.24. The summed E-state index contributed by atoms with van der Waals surface area (Å²) in [5, 5.41) is 6.19. The number of hydrogen-bond donors (Lipinski definition) is 2. The highest BCUT2D eigenvalue weighted by Gasteiger charge is 2.20. The molecule has 2 N–H and O–H groups in total. The number of carbonyl (C=O) groups excluding carboxylic acids is 1. The van der Waals surface area contributed by atoms with Crippen LogP contribution in [0.5, 0.6) is 5.75 Å². The smallest absolute Gasteiger partial charge is 0.224 e. The van der Waals surface area contributed by atoms with Crippen molar-refractivity contribution in [2.75, 3.05) is 26.2 Å². The molecule has 1 aromatic rings. The summed E-state index contributed by atoms with van der Waals surface area (Å²) in [5.41, 5.74) is 1.12. The number of para-hydroxylation sites is 1. The van der Waals surface area contributed by atoms with Crippen LogP contribution in [0.2, 0.25) is 0 Å². The van der Waals surface area contributed by atoms with E-state index in [4.69, 9.17) is 4.74 Å². The summed E-state index contributed by atoms with van der Waals surface area (Å²) in [6.07, 6.45) is 2.06. The quantitative estimate of drug-likeness (QED) is 0.790. The zero-order valence-corrected chi connectivity index (χ0v) is 11.4. The van der Waals surface area contributed by atoms with Gasteiger partial charge < -0.3 is 15.4 Å². The summed E-state index contributed by atoms with van der Waals surface area (Å²) in [6.45, 7) is 4.91. The van der Waals surface area contributed by atoms with Crippen LogP contribution in [0.3, 0.4) is 0 Å². The average molecular weight is 262 g/mol. The van der Waals surface area contributed by atoms with E-state index in [0.29, 0.717) is 13.2 Å². The molecule has 1 aliphatic rings. The normalized spacial score (nSPS) is 18.9. The van der Waals surface area contributed by atoms with Gasteiger partial charge in [-0.1, -0.05) is 18.2 Å². The highest BCUT2D eigenvalue weighted by Crippen LogP contribution is 2.15. The lowest BCUT2D eigenvalue weighted by molar-refractivity contribution is -0.125. The van der Waals surface area contributed by atoms with Gasteiger partial charge in [-0.15, -0.1) is 0 Å². The fraction of sp³-hybridized carbons (Fsp3) is 0.533. The van der Waals surface area contributed by atoms with Crippen LogP contribution < -0.4 is 15.4 Å². The topological polar surface area (TPSA) is 50.4 Å². The molecule has 2 rings (SSSR count). The summed E-state index contributed by atoms with van der Waals surface area (Å²) in [7, 11) is 0. The van der Waals surface area contributed by atoms with Crippen LogP contribution in [0.1, 0.15) is 18.4 Å². The van der Waals surface area contributed by atoms with Gasteiger partial charge in [0.1, 0.15) is 12.4 Å². The number of benzene rings is 1. The first-order chi connectivity index (χ1) is 9.27. The van der Waals surface area contributed by atoms with Crippen molar-refractivity contribution in [3.8, 4) is 5.75 Å². The van der Waals surface area contributed by atoms with Gasteiger partial charge in [0, 0.05) is 6.54 Å². The van der Waals surface area contributed by atoms with E-state index in [0.717, 1.165) is 37.2 Å². The maximum Gasteiger partial charge on any atom is 0.224 e. The van der Waals surface area contributed by atoms with E-state index in [1.54, 1.807) is 0 Å². The van der Waals surface area contributed by atoms with Crippen molar-refractivity contribution in [1.29, 1.82) is 0 Å². The Labute approximate surface area is 114 Å². The van der Waals surface area contributed by atoms with E-state index < -0.39 is 0 Å². The highest BCUT2D eigenvalue weighted by atomic mass is 16.5. The van der Waals surface area contributed by atoms with Crippen molar-refractivity contribution in [2.24, 2.45) is 5.92 Å². The van der Waals surface area contributed by atoms with Gasteiger partial charge in [-0.3, -0.25) is 4.79 Å². The van der Waals surface area contributed by atoms with Gasteiger partial charge in [0.2, 0.25) is 5.91 Å². The van der Waals surface area contributed by atoms with Crippen LogP contribution in [0, 0.1) is 12.8 Å². The first-order valence-corrected chi connectivity index (χ1v) is 6.94. The molecule has 0 bridgehead atoms. The van der Waals surface area contributed by atoms with Gasteiger partial charge in [-0.25, -0.2) is 0 Å². The van der Waals surface area contributed by atoms with Gasteiger partial charge >= 0.3 is 0 Å². The summed E-state index contributed by atoms with van der Waals surface area (Å²) in [6, 6.07) is 7.90. The number of rotatable bonds is 5. The summed E-state index contributed by atoms with van der Waals surface area (Å²) in [4.78, 5) is 11.9. The lowest BCUT2D eigenvalue weighted by Gasteiger charge is -2.21. The first kappa shape index (κ1) is 13.9. The Balaban J connectivity index is 1.66. The molecule has 1 heterocycles. The molecule has 0 saturated carbocycles. The Kier molecular flexibility index (Phi) is 5.21. The van der Waals surface area contributed by atoms with Gasteiger partial charge in [-0.05, 0) is 37.9 Å². The molecule has 1 aromatic carbocycles. The minimum absolute atomic E-state index is 0.118. The Morgan fingerprint density at radius 1 is 1.47 bits per heavy atom. The van der Waals surface area contributed by atoms with E-state index in [2.05, 4.69) is 10.6 Å². The van der Waals surface area contributed by atoms with E-state index in [9.17, 15) is 4.79 Å². The zero-order chi connectivity index (χ0) is 13.5. The van der Waals surface area contributed by atoms with Crippen molar-refractivity contribution >= 4 is 5.91 Å². The van der Waals surface area contributed by atoms with Crippen molar-refractivity contribution in [3.05, 3.63) is 29.8 Å². The molecule has 0 radical (unpaired) electrons. The van der Waals surface area contributed by atoms with Crippen LogP contribution in [0.4, 0.5) is 0 Å². The molecule has 1 fully saturated rings. The zero-order valence-electron chi connectivity index (χ0n) is 11.4. The standard InChI is InChI=1S/C15H22N2O2/c1-12-5-2-3-7-14(12)19-10-9-17-15(18)13-6-4-8-16-11-13/h2-3,5,7,13,16H,4,6,8-11H2,1H3,(H,17,18). The Hall–Kier alpha value is -1.55. The second kappa shape index (κ2) is 7.14. The van der Waals surface area contributed by atoms with Crippen LogP contribution in [0.25, 0.3) is 0 Å². The lowest BCUT2D eigenvalue weighted by atomic mass is 9.99. The molecule has 1 unspecified atom stereocenters. The predicted octanol–water partition coefficient (Wildman–Crippen LogP) is 1.49. The van der Waals surface area contributed by atoms with Crippen molar-refractivity contribution < 1.29 is 9.53 Å². The molecular weight excluding hydrogens is 240 g/mol. The maximum atomic E-state index is 11.9. The lowest BCUT2D eigenvalue weighted by Crippen LogP contribution is -2.41. The predicted molar refractivity (Wildman–Crippen MR) is 75.3 cm³/mol. The molecule has 104 valence electrons. The first-order valence-electron chi connectivity index (χ1n) is 6.94. The molecule has 1 amide bonds. The third-order valence-electron chi connectivity index (χ3n) is 3.42. The largest absolute Gasteiger partial charge is 0.491 e. The fourth-order valence-electron chi connectivity index (χ4n) is 2.27. The minimum atomic E-state index is 0.118. The molecule has 0 aromatic heterocycles. The van der Waals surface area contributed by atoms with Gasteiger partial charge in [0.15, 0.2) is 0 Å². The fourth-order valence-corrected chi connectivity index (χ4v) is 2.27. The number of hydrogen-bond acceptors (Lipinski definition) is 3. The van der Waals surface area contributed by atoms with Crippen molar-refractivity contribution in [3.63, 3.8) is 0 Å². The number of ether oxygens (including phenoxy) is 1. The number of amides is 1. The summed E-state index contributed by atoms with van der Waals surface area (Å²) >= 11 is 0. The third-order valence-corrected chi connectivity index (χ3v) is 3.42. The highest BCUT2D eigenvalue weighted by molar-refractivity contribution is 5.78. The molecule has 1 aliphatic heterocycles. The SMILES string of the molecule is Cc1ccccc1OCCNC(=O)C1CCCNC1. The molecule has 0 spiro atoms. The van der Waals surface area contributed by atoms with Gasteiger partial charge in [0.25, 0.3) is 0 Å². The minimum Gasteiger partial charge on any atom is -0.491 e. The average Bonchev–Trinajstić information content (AvgIpc) is 2.46.